The van der Waals surface area contributed by atoms with E-state index in [0.717, 1.165) is 19.4 Å². The Labute approximate surface area is 131 Å². The Morgan fingerprint density at radius 3 is 2.91 bits per heavy atom. The van der Waals surface area contributed by atoms with Crippen LogP contribution in [0.1, 0.15) is 57.8 Å². The van der Waals surface area contributed by atoms with Gasteiger partial charge in [0.05, 0.1) is 6.04 Å². The van der Waals surface area contributed by atoms with Gasteiger partial charge >= 0.3 is 6.09 Å². The molecule has 2 heterocycles. The molecule has 1 amide bonds. The second kappa shape index (κ2) is 7.09. The van der Waals surface area contributed by atoms with Gasteiger partial charge in [-0.3, -0.25) is 4.90 Å². The molecule has 0 radical (unpaired) electrons. The Morgan fingerprint density at radius 2 is 2.27 bits per heavy atom. The molecule has 1 saturated heterocycles. The van der Waals surface area contributed by atoms with Gasteiger partial charge in [-0.2, -0.15) is 4.98 Å². The first-order chi connectivity index (χ1) is 10.3. The van der Waals surface area contributed by atoms with Crippen LogP contribution < -0.4 is 5.32 Å². The number of nitrogens with zero attached hydrogens (tertiary/aromatic N) is 3. The molecule has 0 aliphatic carbocycles. The molecule has 124 valence electrons. The molecular formula is C15H26N4O3. The SMILES string of the molecule is CN1CCC[C@H]1c1nc(CCCNC(=O)OC(C)(C)C)no1. The molecule has 1 aliphatic rings. The van der Waals surface area contributed by atoms with Gasteiger partial charge in [0.2, 0.25) is 5.89 Å². The van der Waals surface area contributed by atoms with Gasteiger partial charge in [-0.25, -0.2) is 4.79 Å². The van der Waals surface area contributed by atoms with Crippen LogP contribution in [0.3, 0.4) is 0 Å². The van der Waals surface area contributed by atoms with Crippen LogP contribution in [0.15, 0.2) is 4.52 Å². The molecule has 0 unspecified atom stereocenters. The van der Waals surface area contributed by atoms with E-state index in [9.17, 15) is 4.79 Å². The van der Waals surface area contributed by atoms with Crippen LogP contribution in [0.2, 0.25) is 0 Å². The number of hydrogen-bond donors (Lipinski definition) is 1. The van der Waals surface area contributed by atoms with Gasteiger partial charge in [0.15, 0.2) is 5.82 Å². The minimum atomic E-state index is -0.472. The van der Waals surface area contributed by atoms with E-state index in [4.69, 9.17) is 9.26 Å². The number of alkyl carbamates (subject to hydrolysis) is 1. The highest BCUT2D eigenvalue weighted by Gasteiger charge is 2.27. The lowest BCUT2D eigenvalue weighted by molar-refractivity contribution is 0.0527. The first-order valence-electron chi connectivity index (χ1n) is 7.85. The van der Waals surface area contributed by atoms with Crippen molar-refractivity contribution in [3.05, 3.63) is 11.7 Å². The third-order valence-electron chi connectivity index (χ3n) is 3.53. The van der Waals surface area contributed by atoms with Crippen molar-refractivity contribution in [2.24, 2.45) is 0 Å². The number of hydrogen-bond acceptors (Lipinski definition) is 6. The first kappa shape index (κ1) is 16.7. The van der Waals surface area contributed by atoms with Gasteiger partial charge in [0.1, 0.15) is 5.60 Å². The summed E-state index contributed by atoms with van der Waals surface area (Å²) in [6, 6.07) is 0.251. The standard InChI is InChI=1S/C15H26N4O3/c1-15(2,3)21-14(20)16-9-5-8-12-17-13(22-18-12)11-7-6-10-19(11)4/h11H,5-10H2,1-4H3,(H,16,20)/t11-/m0/s1. The van der Waals surface area contributed by atoms with Crippen LogP contribution >= 0.6 is 0 Å². The van der Waals surface area contributed by atoms with Gasteiger partial charge in [0, 0.05) is 13.0 Å². The molecule has 1 aromatic heterocycles. The smallest absolute Gasteiger partial charge is 0.407 e. The van der Waals surface area contributed by atoms with E-state index in [1.807, 2.05) is 20.8 Å². The minimum Gasteiger partial charge on any atom is -0.444 e. The van der Waals surface area contributed by atoms with Crippen LogP contribution in [0.4, 0.5) is 4.79 Å². The van der Waals surface area contributed by atoms with Gasteiger partial charge in [0.25, 0.3) is 0 Å². The number of amides is 1. The third-order valence-corrected chi connectivity index (χ3v) is 3.53. The van der Waals surface area contributed by atoms with Crippen molar-refractivity contribution in [3.63, 3.8) is 0 Å². The summed E-state index contributed by atoms with van der Waals surface area (Å²) in [4.78, 5) is 18.2. The van der Waals surface area contributed by atoms with Crippen molar-refractivity contribution in [2.75, 3.05) is 20.1 Å². The molecule has 22 heavy (non-hydrogen) atoms. The maximum atomic E-state index is 11.5. The number of rotatable bonds is 5. The van der Waals surface area contributed by atoms with E-state index < -0.39 is 11.7 Å². The van der Waals surface area contributed by atoms with Crippen LogP contribution in [-0.2, 0) is 11.2 Å². The zero-order chi connectivity index (χ0) is 16.2. The second-order valence-electron chi connectivity index (χ2n) is 6.72. The molecule has 0 spiro atoms. The van der Waals surface area contributed by atoms with Crippen LogP contribution in [-0.4, -0.2) is 46.9 Å². The predicted octanol–water partition coefficient (Wildman–Crippen LogP) is 2.29. The Bertz CT molecular complexity index is 495. The van der Waals surface area contributed by atoms with E-state index in [1.165, 1.54) is 6.42 Å². The Balaban J connectivity index is 1.70. The molecule has 1 aliphatic heterocycles. The number of likely N-dealkylation sites (tertiary alicyclic amines) is 1. The molecule has 0 saturated carbocycles. The maximum Gasteiger partial charge on any atom is 0.407 e. The first-order valence-corrected chi connectivity index (χ1v) is 7.85. The highest BCUT2D eigenvalue weighted by atomic mass is 16.6. The second-order valence-corrected chi connectivity index (χ2v) is 6.72. The van der Waals surface area contributed by atoms with Gasteiger partial charge < -0.3 is 14.6 Å². The molecule has 2 rings (SSSR count). The average Bonchev–Trinajstić information content (AvgIpc) is 3.01. The van der Waals surface area contributed by atoms with Crippen molar-refractivity contribution in [1.82, 2.24) is 20.4 Å². The maximum absolute atomic E-state index is 11.5. The number of nitrogens with one attached hydrogen (secondary N) is 1. The van der Waals surface area contributed by atoms with Crippen molar-refractivity contribution in [1.29, 1.82) is 0 Å². The predicted molar refractivity (Wildman–Crippen MR) is 81.5 cm³/mol. The third kappa shape index (κ3) is 4.98. The summed E-state index contributed by atoms with van der Waals surface area (Å²) in [7, 11) is 2.08. The van der Waals surface area contributed by atoms with Crippen LogP contribution in [0.5, 0.6) is 0 Å². The fraction of sp³-hybridized carbons (Fsp3) is 0.800. The molecule has 1 N–H and O–H groups in total. The Morgan fingerprint density at radius 1 is 1.50 bits per heavy atom. The summed E-state index contributed by atoms with van der Waals surface area (Å²) >= 11 is 0. The summed E-state index contributed by atoms with van der Waals surface area (Å²) < 4.78 is 10.5. The summed E-state index contributed by atoms with van der Waals surface area (Å²) in [6.07, 6.45) is 3.26. The molecule has 1 atom stereocenters. The van der Waals surface area contributed by atoms with Gasteiger partial charge in [-0.05, 0) is 53.6 Å². The largest absolute Gasteiger partial charge is 0.444 e. The minimum absolute atomic E-state index is 0.251. The lowest BCUT2D eigenvalue weighted by Crippen LogP contribution is -2.33. The quantitative estimate of drug-likeness (QED) is 0.841. The van der Waals surface area contributed by atoms with E-state index >= 15 is 0 Å². The van der Waals surface area contributed by atoms with Crippen LogP contribution in [0, 0.1) is 0 Å². The summed E-state index contributed by atoms with van der Waals surface area (Å²) in [5.41, 5.74) is -0.472. The monoisotopic (exact) mass is 310 g/mol. The lowest BCUT2D eigenvalue weighted by Gasteiger charge is -2.19. The number of aromatic nitrogens is 2. The number of carbonyl (C=O) groups is 1. The van der Waals surface area contributed by atoms with Crippen molar-refractivity contribution >= 4 is 6.09 Å². The van der Waals surface area contributed by atoms with E-state index in [0.29, 0.717) is 24.7 Å². The molecule has 1 aromatic rings. The van der Waals surface area contributed by atoms with Crippen LogP contribution in [0.25, 0.3) is 0 Å². The highest BCUT2D eigenvalue weighted by molar-refractivity contribution is 5.67. The topological polar surface area (TPSA) is 80.5 Å². The fourth-order valence-electron chi connectivity index (χ4n) is 2.48. The number of carbonyl (C=O) groups excluding carboxylic acids is 1. The Hall–Kier alpha value is -1.63. The molecule has 7 heteroatoms. The lowest BCUT2D eigenvalue weighted by atomic mass is 10.2. The zero-order valence-corrected chi connectivity index (χ0v) is 13.9. The molecular weight excluding hydrogens is 284 g/mol. The highest BCUT2D eigenvalue weighted by Crippen LogP contribution is 2.28. The van der Waals surface area contributed by atoms with E-state index in [-0.39, 0.29) is 6.04 Å². The van der Waals surface area contributed by atoms with Gasteiger partial charge in [-0.15, -0.1) is 0 Å². The van der Waals surface area contributed by atoms with Crippen molar-refractivity contribution in [3.8, 4) is 0 Å². The zero-order valence-electron chi connectivity index (χ0n) is 13.9. The van der Waals surface area contributed by atoms with E-state index in [1.54, 1.807) is 0 Å². The van der Waals surface area contributed by atoms with Gasteiger partial charge in [-0.1, -0.05) is 5.16 Å². The summed E-state index contributed by atoms with van der Waals surface area (Å²) in [5, 5.41) is 6.74. The molecule has 0 aromatic carbocycles. The van der Waals surface area contributed by atoms with E-state index in [2.05, 4.69) is 27.4 Å². The Kier molecular flexibility index (Phi) is 5.39. The summed E-state index contributed by atoms with van der Waals surface area (Å²) in [5.74, 6) is 1.40. The average molecular weight is 310 g/mol. The molecule has 1 fully saturated rings. The number of aryl methyl sites for hydroxylation is 1. The normalized spacial score (nSPS) is 19.4. The fourth-order valence-corrected chi connectivity index (χ4v) is 2.48. The molecule has 7 nitrogen and oxygen atoms in total. The van der Waals surface area contributed by atoms with Crippen molar-refractivity contribution < 1.29 is 14.1 Å². The molecule has 0 bridgehead atoms. The van der Waals surface area contributed by atoms with Crippen molar-refractivity contribution in [2.45, 2.75) is 58.1 Å². The number of ether oxygens (including phenoxy) is 1. The summed E-state index contributed by atoms with van der Waals surface area (Å²) in [6.45, 7) is 7.12.